The predicted octanol–water partition coefficient (Wildman–Crippen LogP) is 25.9. The Morgan fingerprint density at radius 1 is 0.313 bits per heavy atom. The zero-order chi connectivity index (χ0) is 91.8. The van der Waals surface area contributed by atoms with Crippen molar-refractivity contribution in [2.75, 3.05) is 0 Å². The Labute approximate surface area is 755 Å². The Morgan fingerprint density at radius 3 is 1.15 bits per heavy atom. The van der Waals surface area contributed by atoms with Crippen LogP contribution in [0.4, 0.5) is 43.9 Å². The first kappa shape index (κ1) is 84.3. The Balaban J connectivity index is 0.0000000975. The highest BCUT2D eigenvalue weighted by molar-refractivity contribution is 6.13. The molecule has 18 nitrogen and oxygen atoms in total. The Morgan fingerprint density at radius 2 is 0.679 bits per heavy atom. The van der Waals surface area contributed by atoms with Gasteiger partial charge in [-0.2, -0.15) is 36.5 Å². The van der Waals surface area contributed by atoms with Crippen LogP contribution in [0.2, 0.25) is 0 Å². The molecule has 2 unspecified atom stereocenters. The highest BCUT2D eigenvalue weighted by Gasteiger charge is 2.45. The van der Waals surface area contributed by atoms with Gasteiger partial charge in [0.2, 0.25) is 0 Å². The monoisotopic (exact) mass is 1800 g/mol. The lowest BCUT2D eigenvalue weighted by Gasteiger charge is -2.29. The van der Waals surface area contributed by atoms with E-state index in [2.05, 4.69) is 96.7 Å². The van der Waals surface area contributed by atoms with Crippen LogP contribution in [0.25, 0.3) is 176 Å². The molecular formula is C106H82F10N14O4. The highest BCUT2D eigenvalue weighted by Crippen LogP contribution is 2.50. The van der Waals surface area contributed by atoms with Gasteiger partial charge in [-0.3, -0.25) is 25.1 Å². The first-order valence-electron chi connectivity index (χ1n) is 44.5. The number of hydrogen-bond acceptors (Lipinski definition) is 12. The molecule has 0 fully saturated rings. The summed E-state index contributed by atoms with van der Waals surface area (Å²) in [6.07, 6.45) is 7.38. The number of halogens is 10. The maximum Gasteiger partial charge on any atom is 0.392 e. The van der Waals surface area contributed by atoms with Crippen molar-refractivity contribution in [1.29, 1.82) is 0 Å². The molecule has 28 heteroatoms. The van der Waals surface area contributed by atoms with E-state index in [-0.39, 0.29) is 74.4 Å². The van der Waals surface area contributed by atoms with Gasteiger partial charge in [-0.1, -0.05) is 6.07 Å². The van der Waals surface area contributed by atoms with Crippen molar-refractivity contribution in [3.05, 3.63) is 287 Å². The summed E-state index contributed by atoms with van der Waals surface area (Å²) in [6.45, 7) is 0. The summed E-state index contributed by atoms with van der Waals surface area (Å²) in [5, 5.41) is 62.4. The number of hydrogen-bond donors (Lipinski definition) is 10. The number of nitrogens with one attached hydrogen (secondary N) is 6. The number of aromatic amines is 6. The van der Waals surface area contributed by atoms with Gasteiger partial charge >= 0.3 is 12.4 Å². The van der Waals surface area contributed by atoms with Crippen LogP contribution < -0.4 is 0 Å². The predicted molar refractivity (Wildman–Crippen MR) is 501 cm³/mol. The highest BCUT2D eigenvalue weighted by atomic mass is 19.4. The first-order chi connectivity index (χ1) is 64.7. The quantitative estimate of drug-likeness (QED) is 0.0721. The lowest BCUT2D eigenvalue weighted by atomic mass is 9.79. The van der Waals surface area contributed by atoms with Gasteiger partial charge in [0.15, 0.2) is 0 Å². The summed E-state index contributed by atoms with van der Waals surface area (Å²) in [4.78, 5) is 40.7. The molecule has 5 aliphatic carbocycles. The number of H-pyrrole nitrogens is 6. The second-order valence-electron chi connectivity index (χ2n) is 35.4. The molecule has 0 radical (unpaired) electrons. The standard InChI is InChI=1S/C22H17F3N2O.C22H18N4.C21H16F3N3O.C21H16F2N2O.C20H15F2N3O/c23-22(24,25)13-3-6-15-17(11-13)21(12-1-4-14(28)5-2-12)27-19-8-7-18-16(20(15)19)9-10-26-18;1-2-4-15-14(3-1)21-16-9-10-23-17(16)7-8-19(21)26-22(15)13-5-6-18-20(11-13)25-12-24-18;22-21(23,24)12-3-6-14-15(9-12)20(11-1-4-13(28)5-2-11)26-18-8-7-17-16(19(14)18)10-25-27-17;22-21(23)9-7-14-16(11-21)20(12-1-3-13(26)4-2-12)25-18-6-5-17-15(19(14)18)8-10-24-17;21-20(22)8-7-13-14(9-20)19(11-1-3-12(26)4-2-11)24-17-6-5-16-15(18(13)17)10-23-25-16/h1-2,4-5,7-10,13,27-28H,3,6,11H2;5-12,26H,1-4H2,(H,24,25);1-2,4-5,7-8,10,12,28H,3,6,9H2,(H,25,27);1-6,8,10,25-26H,7,9,11H2;1-6,10,26H,7-9H2,(H,23,25). The van der Waals surface area contributed by atoms with E-state index in [0.29, 0.717) is 76.3 Å². The van der Waals surface area contributed by atoms with Gasteiger partial charge in [0.25, 0.3) is 11.8 Å². The van der Waals surface area contributed by atoms with E-state index in [1.807, 2.05) is 66.9 Å². The number of alkyl halides is 10. The summed E-state index contributed by atoms with van der Waals surface area (Å²) in [7, 11) is 0. The second kappa shape index (κ2) is 33.0. The smallest absolute Gasteiger partial charge is 0.392 e. The summed E-state index contributed by atoms with van der Waals surface area (Å²) in [5.74, 6) is -7.66. The van der Waals surface area contributed by atoms with Crippen molar-refractivity contribution in [3.8, 4) is 79.3 Å². The minimum absolute atomic E-state index is 0.0496. The number of rotatable bonds is 5. The van der Waals surface area contributed by atoms with Crippen molar-refractivity contribution in [2.45, 2.75) is 127 Å². The van der Waals surface area contributed by atoms with E-state index in [1.54, 1.807) is 116 Å². The van der Waals surface area contributed by atoms with Crippen LogP contribution in [0.1, 0.15) is 94.2 Å². The third-order valence-electron chi connectivity index (χ3n) is 27.4. The summed E-state index contributed by atoms with van der Waals surface area (Å²) < 4.78 is 138. The van der Waals surface area contributed by atoms with Gasteiger partial charge in [-0.05, 0) is 332 Å². The van der Waals surface area contributed by atoms with Crippen LogP contribution in [0.3, 0.4) is 0 Å². The minimum atomic E-state index is -4.24. The number of fused-ring (bicyclic) bond motifs is 26. The number of benzene rings is 10. The molecule has 134 heavy (non-hydrogen) atoms. The van der Waals surface area contributed by atoms with E-state index < -0.39 is 36.0 Å². The van der Waals surface area contributed by atoms with Crippen LogP contribution >= 0.6 is 0 Å². The normalized spacial score (nSPS) is 16.2. The van der Waals surface area contributed by atoms with Crippen molar-refractivity contribution in [2.24, 2.45) is 11.8 Å². The molecule has 11 heterocycles. The number of aromatic hydroxyl groups is 4. The molecule has 10 N–H and O–H groups in total. The van der Waals surface area contributed by atoms with Crippen LogP contribution in [0, 0.1) is 11.8 Å². The Bertz CT molecular complexity index is 7830. The molecule has 5 aliphatic rings. The molecule has 2 atom stereocenters. The molecule has 0 amide bonds. The average molecular weight is 1810 g/mol. The van der Waals surface area contributed by atoms with Crippen LogP contribution in [0.15, 0.2) is 231 Å². The van der Waals surface area contributed by atoms with Gasteiger partial charge < -0.3 is 40.4 Å². The van der Waals surface area contributed by atoms with Crippen LogP contribution in [0.5, 0.6) is 23.0 Å². The number of phenols is 4. The largest absolute Gasteiger partial charge is 0.508 e. The molecular weight excluding hydrogens is 1720 g/mol. The van der Waals surface area contributed by atoms with E-state index in [1.165, 1.54) is 63.6 Å². The molecule has 0 saturated heterocycles. The average Bonchev–Trinajstić information content (AvgIpc) is 1.63. The first-order valence-corrected chi connectivity index (χ1v) is 44.5. The third kappa shape index (κ3) is 15.5. The fourth-order valence-corrected chi connectivity index (χ4v) is 21.0. The Hall–Kier alpha value is -15.2. The SMILES string of the molecule is Oc1ccc(-c2[nH]c3ccc4nccc4c3c3c2CC(C(F)(F)F)CC3)cc1.Oc1ccc(-c2[nH]c3ccc4nccc4c3c3c2CC(F)(F)CC3)cc1.Oc1ccc(-c2nc3ccc4[nH]ncc4c3c3c2CC(C(F)(F)F)CC3)cc1.Oc1ccc(-c2nc3ccc4[nH]ncc4c3c3c2CC(F)(F)CC3)cc1.c1cc2c(ccc3[nH]c(-c4ccc5nc[nH]c5c4)c4c(c32)CCCC4)n1. The van der Waals surface area contributed by atoms with E-state index >= 15 is 0 Å². The van der Waals surface area contributed by atoms with E-state index in [4.69, 9.17) is 9.97 Å². The summed E-state index contributed by atoms with van der Waals surface area (Å²) >= 11 is 0. The molecule has 10 aromatic carbocycles. The van der Waals surface area contributed by atoms with Gasteiger partial charge in [0, 0.05) is 148 Å². The number of aryl methyl sites for hydroxylation is 5. The third-order valence-corrected chi connectivity index (χ3v) is 27.4. The Kier molecular flexibility index (Phi) is 20.7. The van der Waals surface area contributed by atoms with Crippen LogP contribution in [-0.2, 0) is 64.2 Å². The van der Waals surface area contributed by atoms with Crippen molar-refractivity contribution >= 4 is 120 Å². The maximum atomic E-state index is 14.2. The van der Waals surface area contributed by atoms with Gasteiger partial charge in [-0.25, -0.2) is 32.5 Å². The van der Waals surface area contributed by atoms with Gasteiger partial charge in [0.05, 0.1) is 91.6 Å². The number of aromatic nitrogens is 14. The van der Waals surface area contributed by atoms with Crippen LogP contribution in [-0.4, -0.2) is 115 Å². The van der Waals surface area contributed by atoms with Gasteiger partial charge in [-0.15, -0.1) is 0 Å². The molecule has 0 saturated carbocycles. The topological polar surface area (TPSA) is 279 Å². The summed E-state index contributed by atoms with van der Waals surface area (Å²) in [5.41, 5.74) is 28.4. The fraction of sp³-hybridized carbons (Fsp3) is 0.208. The molecule has 670 valence electrons. The maximum absolute atomic E-state index is 14.2. The van der Waals surface area contributed by atoms with Crippen molar-refractivity contribution < 1.29 is 64.3 Å². The second-order valence-corrected chi connectivity index (χ2v) is 35.4. The lowest BCUT2D eigenvalue weighted by Crippen LogP contribution is -2.29. The molecule has 26 rings (SSSR count). The fourth-order valence-electron chi connectivity index (χ4n) is 21.0. The van der Waals surface area contributed by atoms with E-state index in [9.17, 15) is 64.3 Å². The van der Waals surface area contributed by atoms with E-state index in [0.717, 1.165) is 156 Å². The minimum Gasteiger partial charge on any atom is -0.508 e. The molecule has 0 spiro atoms. The lowest BCUT2D eigenvalue weighted by molar-refractivity contribution is -0.177. The zero-order valence-corrected chi connectivity index (χ0v) is 71.6. The number of imidazole rings is 1. The molecule has 21 aromatic rings. The van der Waals surface area contributed by atoms with Crippen molar-refractivity contribution in [1.82, 2.24) is 70.2 Å². The number of pyridine rings is 5. The summed E-state index contributed by atoms with van der Waals surface area (Å²) in [6, 6.07) is 58.3. The molecule has 0 bridgehead atoms. The number of nitrogens with zero attached hydrogens (tertiary/aromatic N) is 8. The zero-order valence-electron chi connectivity index (χ0n) is 71.6. The molecule has 11 aromatic heterocycles. The molecule has 0 aliphatic heterocycles. The van der Waals surface area contributed by atoms with Crippen molar-refractivity contribution in [3.63, 3.8) is 0 Å². The van der Waals surface area contributed by atoms with Gasteiger partial charge in [0.1, 0.15) is 23.0 Å². The number of phenolic OH excluding ortho intramolecular Hbond substituents is 4.